The lowest BCUT2D eigenvalue weighted by Crippen LogP contribution is -2.42. The molecule has 0 spiro atoms. The van der Waals surface area contributed by atoms with E-state index in [2.05, 4.69) is 69.2 Å². The molecule has 0 aliphatic carbocycles. The van der Waals surface area contributed by atoms with Crippen LogP contribution in [0, 0.1) is 43.9 Å². The van der Waals surface area contributed by atoms with Crippen molar-refractivity contribution in [2.24, 2.45) is 23.2 Å². The molecule has 1 aromatic rings. The summed E-state index contributed by atoms with van der Waals surface area (Å²) in [6.07, 6.45) is 12.9. The van der Waals surface area contributed by atoms with E-state index in [-0.39, 0.29) is 11.0 Å². The van der Waals surface area contributed by atoms with Gasteiger partial charge >= 0.3 is 0 Å². The van der Waals surface area contributed by atoms with Gasteiger partial charge < -0.3 is 9.84 Å². The molecule has 1 aromatic carbocycles. The number of hydrogen-bond donors (Lipinski definition) is 1. The van der Waals surface area contributed by atoms with E-state index in [1.54, 1.807) is 0 Å². The molecular formula is C33H58O2. The van der Waals surface area contributed by atoms with Crippen molar-refractivity contribution in [1.29, 1.82) is 0 Å². The summed E-state index contributed by atoms with van der Waals surface area (Å²) in [5.41, 5.74) is 4.31. The Balaban J connectivity index is 1.95. The van der Waals surface area contributed by atoms with Crippen molar-refractivity contribution in [3.63, 3.8) is 0 Å². The van der Waals surface area contributed by atoms with Crippen molar-refractivity contribution in [1.82, 2.24) is 0 Å². The summed E-state index contributed by atoms with van der Waals surface area (Å²) in [6, 6.07) is 0. The standard InChI is InChI=1S/C33H58O2/c1-22(2)15-12-16-23(3)17-13-18-24(4)19-14-20-33(11)21-28(32(8,9)10)29-27(7)30(34)25(5)26(6)31(29)35-33/h22-24,28,34H,12-21H2,1-11H3/t23-,24+,28?,33-/m0/s1. The highest BCUT2D eigenvalue weighted by Gasteiger charge is 2.44. The van der Waals surface area contributed by atoms with Crippen molar-refractivity contribution in [2.45, 2.75) is 152 Å². The van der Waals surface area contributed by atoms with Crippen molar-refractivity contribution in [2.75, 3.05) is 0 Å². The summed E-state index contributed by atoms with van der Waals surface area (Å²) in [4.78, 5) is 0. The van der Waals surface area contributed by atoms with E-state index in [4.69, 9.17) is 4.74 Å². The van der Waals surface area contributed by atoms with Gasteiger partial charge in [-0.15, -0.1) is 0 Å². The highest BCUT2D eigenvalue weighted by molar-refractivity contribution is 5.60. The predicted molar refractivity (Wildman–Crippen MR) is 153 cm³/mol. The zero-order valence-corrected chi connectivity index (χ0v) is 25.2. The number of benzene rings is 1. The first-order valence-corrected chi connectivity index (χ1v) is 14.7. The van der Waals surface area contributed by atoms with E-state index in [0.29, 0.717) is 11.7 Å². The number of hydrogen-bond acceptors (Lipinski definition) is 2. The van der Waals surface area contributed by atoms with Crippen LogP contribution >= 0.6 is 0 Å². The molecule has 1 unspecified atom stereocenters. The third-order valence-corrected chi connectivity index (χ3v) is 8.92. The molecule has 35 heavy (non-hydrogen) atoms. The molecule has 2 nitrogen and oxygen atoms in total. The molecule has 1 heterocycles. The van der Waals surface area contributed by atoms with Gasteiger partial charge in [0.1, 0.15) is 17.1 Å². The van der Waals surface area contributed by atoms with Gasteiger partial charge in [0.15, 0.2) is 0 Å². The summed E-state index contributed by atoms with van der Waals surface area (Å²) in [6.45, 7) is 25.1. The second-order valence-corrected chi connectivity index (χ2v) is 14.0. The Labute approximate surface area is 218 Å². The largest absolute Gasteiger partial charge is 0.507 e. The van der Waals surface area contributed by atoms with Crippen LogP contribution in [0.25, 0.3) is 0 Å². The van der Waals surface area contributed by atoms with Crippen LogP contribution < -0.4 is 4.74 Å². The summed E-state index contributed by atoms with van der Waals surface area (Å²) >= 11 is 0. The second-order valence-electron chi connectivity index (χ2n) is 14.0. The average molecular weight is 487 g/mol. The summed E-state index contributed by atoms with van der Waals surface area (Å²) in [5, 5.41) is 10.8. The van der Waals surface area contributed by atoms with Crippen LogP contribution in [0.4, 0.5) is 0 Å². The lowest BCUT2D eigenvalue weighted by molar-refractivity contribution is 0.0222. The minimum atomic E-state index is -0.143. The highest BCUT2D eigenvalue weighted by Crippen LogP contribution is 2.54. The van der Waals surface area contributed by atoms with Crippen molar-refractivity contribution < 1.29 is 9.84 Å². The van der Waals surface area contributed by atoms with Gasteiger partial charge in [-0.05, 0) is 92.7 Å². The number of phenolic OH excluding ortho intramolecular Hbond substituents is 1. The van der Waals surface area contributed by atoms with Crippen LogP contribution in [0.15, 0.2) is 0 Å². The first-order chi connectivity index (χ1) is 16.2. The molecule has 0 saturated carbocycles. The van der Waals surface area contributed by atoms with Gasteiger partial charge in [0.05, 0.1) is 0 Å². The fourth-order valence-corrected chi connectivity index (χ4v) is 6.20. The maximum Gasteiger partial charge on any atom is 0.127 e. The minimum absolute atomic E-state index is 0.123. The van der Waals surface area contributed by atoms with Gasteiger partial charge in [-0.1, -0.05) is 93.4 Å². The Kier molecular flexibility index (Phi) is 10.6. The number of fused-ring (bicyclic) bond motifs is 1. The number of aromatic hydroxyl groups is 1. The van der Waals surface area contributed by atoms with E-state index in [0.717, 1.165) is 53.0 Å². The molecule has 0 saturated heterocycles. The van der Waals surface area contributed by atoms with Crippen molar-refractivity contribution in [3.8, 4) is 11.5 Å². The molecule has 4 atom stereocenters. The fourth-order valence-electron chi connectivity index (χ4n) is 6.20. The Morgan fingerprint density at radius 3 is 1.86 bits per heavy atom. The number of ether oxygens (including phenoxy) is 1. The smallest absolute Gasteiger partial charge is 0.127 e. The molecule has 0 fully saturated rings. The zero-order valence-electron chi connectivity index (χ0n) is 25.2. The lowest BCUT2D eigenvalue weighted by atomic mass is 9.67. The summed E-state index contributed by atoms with van der Waals surface area (Å²) < 4.78 is 6.83. The Morgan fingerprint density at radius 1 is 0.829 bits per heavy atom. The summed E-state index contributed by atoms with van der Waals surface area (Å²) in [5.74, 6) is 4.39. The van der Waals surface area contributed by atoms with Crippen LogP contribution in [0.3, 0.4) is 0 Å². The van der Waals surface area contributed by atoms with Crippen LogP contribution in [0.1, 0.15) is 148 Å². The van der Waals surface area contributed by atoms with Gasteiger partial charge in [0.2, 0.25) is 0 Å². The van der Waals surface area contributed by atoms with Gasteiger partial charge in [0.25, 0.3) is 0 Å². The first kappa shape index (κ1) is 30.0. The number of phenols is 1. The monoisotopic (exact) mass is 486 g/mol. The third kappa shape index (κ3) is 8.16. The van der Waals surface area contributed by atoms with E-state index in [9.17, 15) is 5.11 Å². The Hall–Kier alpha value is -1.18. The van der Waals surface area contributed by atoms with Gasteiger partial charge in [-0.25, -0.2) is 0 Å². The molecule has 2 heteroatoms. The maximum atomic E-state index is 10.8. The average Bonchev–Trinajstić information content (AvgIpc) is 2.74. The Morgan fingerprint density at radius 2 is 1.34 bits per heavy atom. The quantitative estimate of drug-likeness (QED) is 0.318. The molecule has 1 N–H and O–H groups in total. The maximum absolute atomic E-state index is 10.8. The Bertz CT molecular complexity index is 816. The molecule has 0 amide bonds. The van der Waals surface area contributed by atoms with Crippen LogP contribution in [0.5, 0.6) is 11.5 Å². The minimum Gasteiger partial charge on any atom is -0.507 e. The molecule has 0 radical (unpaired) electrons. The molecule has 0 aromatic heterocycles. The van der Waals surface area contributed by atoms with Gasteiger partial charge in [0, 0.05) is 5.56 Å². The topological polar surface area (TPSA) is 29.5 Å². The molecular weight excluding hydrogens is 428 g/mol. The molecule has 1 aliphatic heterocycles. The van der Waals surface area contributed by atoms with Crippen molar-refractivity contribution >= 4 is 0 Å². The van der Waals surface area contributed by atoms with E-state index < -0.39 is 0 Å². The van der Waals surface area contributed by atoms with Crippen molar-refractivity contribution in [3.05, 3.63) is 22.3 Å². The van der Waals surface area contributed by atoms with Gasteiger partial charge in [-0.2, -0.15) is 0 Å². The highest BCUT2D eigenvalue weighted by atomic mass is 16.5. The third-order valence-electron chi connectivity index (χ3n) is 8.92. The summed E-state index contributed by atoms with van der Waals surface area (Å²) in [7, 11) is 0. The lowest BCUT2D eigenvalue weighted by Gasteiger charge is -2.46. The molecule has 202 valence electrons. The van der Waals surface area contributed by atoms with E-state index in [1.807, 2.05) is 6.92 Å². The van der Waals surface area contributed by atoms with E-state index in [1.165, 1.54) is 56.9 Å². The predicted octanol–water partition coefficient (Wildman–Crippen LogP) is 10.4. The molecule has 0 bridgehead atoms. The van der Waals surface area contributed by atoms with Crippen LogP contribution in [0.2, 0.25) is 0 Å². The van der Waals surface area contributed by atoms with E-state index >= 15 is 0 Å². The second kappa shape index (κ2) is 12.4. The fraction of sp³-hybridized carbons (Fsp3) is 0.818. The zero-order chi connectivity index (χ0) is 26.6. The molecule has 2 rings (SSSR count). The van der Waals surface area contributed by atoms with Gasteiger partial charge in [-0.3, -0.25) is 0 Å². The first-order valence-electron chi connectivity index (χ1n) is 14.7. The normalized spacial score (nSPS) is 22.1. The SMILES string of the molecule is Cc1c(C)c2c(c(C)c1O)C(C(C)(C)C)C[C@](C)(CCC[C@H](C)CCC[C@@H](C)CCCC(C)C)O2. The van der Waals surface area contributed by atoms with Crippen LogP contribution in [-0.2, 0) is 0 Å². The number of rotatable bonds is 12. The molecule has 1 aliphatic rings. The van der Waals surface area contributed by atoms with Crippen LogP contribution in [-0.4, -0.2) is 10.7 Å².